The molecule has 0 fully saturated rings. The van der Waals surface area contributed by atoms with Crippen molar-refractivity contribution in [1.29, 1.82) is 0 Å². The smallest absolute Gasteiger partial charge is 0.254 e. The first-order chi connectivity index (χ1) is 8.64. The van der Waals surface area contributed by atoms with Crippen molar-refractivity contribution >= 4 is 21.6 Å². The SMILES string of the molecule is CC(C)(C)S(=O)(=O)N1CNC(=O)c2ccc(F)cc21. The van der Waals surface area contributed by atoms with Crippen LogP contribution in [0.1, 0.15) is 31.1 Å². The molecule has 0 bridgehead atoms. The molecule has 1 aromatic carbocycles. The van der Waals surface area contributed by atoms with Crippen LogP contribution in [0.3, 0.4) is 0 Å². The third-order valence-electron chi connectivity index (χ3n) is 2.92. The van der Waals surface area contributed by atoms with Gasteiger partial charge in [-0.25, -0.2) is 12.8 Å². The number of rotatable bonds is 1. The Bertz CT molecular complexity index is 635. The van der Waals surface area contributed by atoms with Gasteiger partial charge >= 0.3 is 0 Å². The summed E-state index contributed by atoms with van der Waals surface area (Å²) in [5, 5.41) is 2.47. The van der Waals surface area contributed by atoms with Crippen LogP contribution in [-0.4, -0.2) is 25.7 Å². The second kappa shape index (κ2) is 4.19. The minimum absolute atomic E-state index is 0.0821. The number of halogens is 1. The molecule has 5 nitrogen and oxygen atoms in total. The van der Waals surface area contributed by atoms with Crippen LogP contribution in [0.25, 0.3) is 0 Å². The van der Waals surface area contributed by atoms with Crippen LogP contribution in [0.2, 0.25) is 0 Å². The number of carbonyl (C=O) groups is 1. The van der Waals surface area contributed by atoms with Crippen LogP contribution >= 0.6 is 0 Å². The van der Waals surface area contributed by atoms with E-state index in [0.29, 0.717) is 0 Å². The monoisotopic (exact) mass is 286 g/mol. The van der Waals surface area contributed by atoms with Gasteiger partial charge in [0.1, 0.15) is 12.5 Å². The van der Waals surface area contributed by atoms with Crippen molar-refractivity contribution < 1.29 is 17.6 Å². The summed E-state index contributed by atoms with van der Waals surface area (Å²) in [5.74, 6) is -0.988. The molecule has 0 aromatic heterocycles. The normalized spacial score (nSPS) is 16.0. The summed E-state index contributed by atoms with van der Waals surface area (Å²) in [6, 6.07) is 3.48. The summed E-state index contributed by atoms with van der Waals surface area (Å²) in [5.41, 5.74) is 0.235. The maximum absolute atomic E-state index is 13.3. The van der Waals surface area contributed by atoms with E-state index in [9.17, 15) is 17.6 Å². The number of benzene rings is 1. The summed E-state index contributed by atoms with van der Waals surface area (Å²) in [6.07, 6.45) is 0. The van der Waals surface area contributed by atoms with E-state index in [0.717, 1.165) is 16.4 Å². The highest BCUT2D eigenvalue weighted by Crippen LogP contribution is 2.31. The fourth-order valence-corrected chi connectivity index (χ4v) is 3.08. The molecule has 19 heavy (non-hydrogen) atoms. The third-order valence-corrected chi connectivity index (χ3v) is 5.37. The predicted molar refractivity (Wildman–Crippen MR) is 69.9 cm³/mol. The van der Waals surface area contributed by atoms with Crippen molar-refractivity contribution in [2.24, 2.45) is 0 Å². The summed E-state index contributed by atoms with van der Waals surface area (Å²) >= 11 is 0. The van der Waals surface area contributed by atoms with E-state index in [2.05, 4.69) is 5.32 Å². The largest absolute Gasteiger partial charge is 0.333 e. The molecule has 1 amide bonds. The van der Waals surface area contributed by atoms with Crippen LogP contribution in [-0.2, 0) is 10.0 Å². The number of hydrogen-bond donors (Lipinski definition) is 1. The highest BCUT2D eigenvalue weighted by Gasteiger charge is 2.39. The van der Waals surface area contributed by atoms with Gasteiger partial charge in [-0.1, -0.05) is 0 Å². The minimum atomic E-state index is -3.70. The average Bonchev–Trinajstić information content (AvgIpc) is 2.27. The van der Waals surface area contributed by atoms with Crippen molar-refractivity contribution in [3.05, 3.63) is 29.6 Å². The lowest BCUT2D eigenvalue weighted by atomic mass is 10.1. The second-order valence-corrected chi connectivity index (χ2v) is 7.91. The number of amides is 1. The zero-order valence-electron chi connectivity index (χ0n) is 10.9. The van der Waals surface area contributed by atoms with Gasteiger partial charge in [0, 0.05) is 0 Å². The highest BCUT2D eigenvalue weighted by molar-refractivity contribution is 7.94. The Morgan fingerprint density at radius 2 is 1.95 bits per heavy atom. The Morgan fingerprint density at radius 3 is 2.53 bits per heavy atom. The lowest BCUT2D eigenvalue weighted by Gasteiger charge is -2.35. The molecule has 0 unspecified atom stereocenters. The van der Waals surface area contributed by atoms with Crippen molar-refractivity contribution in [3.8, 4) is 0 Å². The molecule has 1 heterocycles. The quantitative estimate of drug-likeness (QED) is 0.850. The number of nitrogens with one attached hydrogen (secondary N) is 1. The van der Waals surface area contributed by atoms with Crippen LogP contribution in [0.4, 0.5) is 10.1 Å². The molecule has 2 rings (SSSR count). The summed E-state index contributed by atoms with van der Waals surface area (Å²) in [4.78, 5) is 11.7. The number of nitrogens with zero attached hydrogens (tertiary/aromatic N) is 1. The fourth-order valence-electron chi connectivity index (χ4n) is 1.77. The summed E-state index contributed by atoms with van der Waals surface area (Å²) < 4.78 is 38.2. The van der Waals surface area contributed by atoms with E-state index >= 15 is 0 Å². The van der Waals surface area contributed by atoms with Crippen molar-refractivity contribution in [3.63, 3.8) is 0 Å². The Kier molecular flexibility index (Phi) is 3.04. The van der Waals surface area contributed by atoms with Crippen molar-refractivity contribution in [2.45, 2.75) is 25.5 Å². The molecular weight excluding hydrogens is 271 g/mol. The zero-order chi connectivity index (χ0) is 14.4. The van der Waals surface area contributed by atoms with Gasteiger partial charge in [-0.3, -0.25) is 9.10 Å². The number of sulfonamides is 1. The summed E-state index contributed by atoms with van der Waals surface area (Å²) in [6.45, 7) is 4.47. The molecule has 1 aromatic rings. The Labute approximate surface area is 111 Å². The van der Waals surface area contributed by atoms with Crippen LogP contribution in [0, 0.1) is 5.82 Å². The van der Waals surface area contributed by atoms with Gasteiger partial charge in [0.05, 0.1) is 16.0 Å². The van der Waals surface area contributed by atoms with E-state index in [1.807, 2.05) is 0 Å². The van der Waals surface area contributed by atoms with E-state index in [-0.39, 0.29) is 17.9 Å². The minimum Gasteiger partial charge on any atom is -0.333 e. The van der Waals surface area contributed by atoms with E-state index in [1.165, 1.54) is 6.07 Å². The number of hydrogen-bond acceptors (Lipinski definition) is 3. The molecule has 0 atom stereocenters. The molecule has 0 spiro atoms. The molecule has 104 valence electrons. The Morgan fingerprint density at radius 1 is 1.32 bits per heavy atom. The van der Waals surface area contributed by atoms with Gasteiger partial charge < -0.3 is 5.32 Å². The first-order valence-electron chi connectivity index (χ1n) is 5.74. The molecule has 1 aliphatic rings. The maximum atomic E-state index is 13.3. The summed E-state index contributed by atoms with van der Waals surface area (Å²) in [7, 11) is -3.70. The van der Waals surface area contributed by atoms with Crippen LogP contribution < -0.4 is 9.62 Å². The lowest BCUT2D eigenvalue weighted by Crippen LogP contribution is -2.51. The first kappa shape index (κ1) is 13.8. The van der Waals surface area contributed by atoms with Crippen molar-refractivity contribution in [1.82, 2.24) is 5.32 Å². The zero-order valence-corrected chi connectivity index (χ0v) is 11.7. The topological polar surface area (TPSA) is 66.5 Å². The number of anilines is 1. The van der Waals surface area contributed by atoms with Crippen LogP contribution in [0.5, 0.6) is 0 Å². The standard InChI is InChI=1S/C12H15FN2O3S/c1-12(2,3)19(17,18)15-7-14-11(16)9-5-4-8(13)6-10(9)15/h4-6H,7H2,1-3H3,(H,14,16). The maximum Gasteiger partial charge on any atom is 0.254 e. The first-order valence-corrected chi connectivity index (χ1v) is 7.18. The van der Waals surface area contributed by atoms with Gasteiger partial charge in [0.15, 0.2) is 0 Å². The van der Waals surface area contributed by atoms with Gasteiger partial charge in [-0.2, -0.15) is 0 Å². The second-order valence-electron chi connectivity index (χ2n) is 5.29. The molecule has 0 radical (unpaired) electrons. The molecular formula is C12H15FN2O3S. The Balaban J connectivity index is 2.62. The van der Waals surface area contributed by atoms with Crippen molar-refractivity contribution in [2.75, 3.05) is 11.0 Å². The molecule has 0 aliphatic carbocycles. The van der Waals surface area contributed by atoms with Gasteiger partial charge in [0.2, 0.25) is 10.0 Å². The highest BCUT2D eigenvalue weighted by atomic mass is 32.2. The lowest BCUT2D eigenvalue weighted by molar-refractivity contribution is 0.0950. The molecule has 7 heteroatoms. The van der Waals surface area contributed by atoms with Gasteiger partial charge in [-0.05, 0) is 39.0 Å². The van der Waals surface area contributed by atoms with E-state index < -0.39 is 26.5 Å². The van der Waals surface area contributed by atoms with Gasteiger partial charge in [-0.15, -0.1) is 0 Å². The predicted octanol–water partition coefficient (Wildman–Crippen LogP) is 1.46. The van der Waals surface area contributed by atoms with E-state index in [1.54, 1.807) is 20.8 Å². The molecule has 0 saturated heterocycles. The Hall–Kier alpha value is -1.63. The average molecular weight is 286 g/mol. The van der Waals surface area contributed by atoms with Gasteiger partial charge in [0.25, 0.3) is 5.91 Å². The number of fused-ring (bicyclic) bond motifs is 1. The fraction of sp³-hybridized carbons (Fsp3) is 0.417. The van der Waals surface area contributed by atoms with E-state index in [4.69, 9.17) is 0 Å². The molecule has 1 N–H and O–H groups in total. The molecule has 0 saturated carbocycles. The number of carbonyl (C=O) groups excluding carboxylic acids is 1. The molecule has 1 aliphatic heterocycles. The van der Waals surface area contributed by atoms with Crippen LogP contribution in [0.15, 0.2) is 18.2 Å². The third kappa shape index (κ3) is 2.18.